The fourth-order valence-corrected chi connectivity index (χ4v) is 1.54. The van der Waals surface area contributed by atoms with E-state index in [4.69, 9.17) is 21.7 Å². The lowest BCUT2D eigenvalue weighted by Gasteiger charge is -2.04. The zero-order chi connectivity index (χ0) is 15.3. The van der Waals surface area contributed by atoms with E-state index in [0.29, 0.717) is 12.2 Å². The number of nitrogens with two attached hydrogens (primary N) is 2. The van der Waals surface area contributed by atoms with E-state index in [1.165, 1.54) is 11.8 Å². The van der Waals surface area contributed by atoms with Crippen LogP contribution in [-0.2, 0) is 9.59 Å². The minimum absolute atomic E-state index is 0.481. The number of aliphatic carboxylic acids is 2. The van der Waals surface area contributed by atoms with Crippen LogP contribution in [0.1, 0.15) is 19.3 Å². The van der Waals surface area contributed by atoms with E-state index in [9.17, 15) is 9.59 Å². The highest BCUT2D eigenvalue weighted by molar-refractivity contribution is 7.98. The highest BCUT2D eigenvalue weighted by atomic mass is 32.2. The predicted molar refractivity (Wildman–Crippen MR) is 77.4 cm³/mol. The van der Waals surface area contributed by atoms with Gasteiger partial charge in [0.1, 0.15) is 12.1 Å². The van der Waals surface area contributed by atoms with Crippen LogP contribution in [0.4, 0.5) is 0 Å². The second-order valence-electron chi connectivity index (χ2n) is 3.94. The van der Waals surface area contributed by atoms with Crippen LogP contribution in [0.3, 0.4) is 0 Å². The zero-order valence-corrected chi connectivity index (χ0v) is 12.3. The minimum Gasteiger partial charge on any atom is -0.480 e. The number of nitrogens with one attached hydrogen (secondary N) is 1. The van der Waals surface area contributed by atoms with E-state index in [-0.39, 0.29) is 0 Å². The number of carbonyl (C=O) groups is 2. The molecule has 0 fully saturated rings. The standard InChI is InChI=1S/C7H16N2O2.C4H9NO2S/c1-9-5-3-2-4-6(8)7(10)11;1-8-2-3(5)4(6)7/h6,9H,2-5,8H2,1H3,(H,10,11);3H,2,5H2,1H3,(H,6,7). The van der Waals surface area contributed by atoms with Gasteiger partial charge in [-0.1, -0.05) is 6.42 Å². The van der Waals surface area contributed by atoms with Gasteiger partial charge >= 0.3 is 11.9 Å². The van der Waals surface area contributed by atoms with Gasteiger partial charge in [-0.3, -0.25) is 9.59 Å². The Hall–Kier alpha value is -0.830. The van der Waals surface area contributed by atoms with Gasteiger partial charge in [0.2, 0.25) is 0 Å². The lowest BCUT2D eigenvalue weighted by atomic mass is 10.1. The number of thioether (sulfide) groups is 1. The Morgan fingerprint density at radius 3 is 2.00 bits per heavy atom. The van der Waals surface area contributed by atoms with Gasteiger partial charge in [0.25, 0.3) is 0 Å². The SMILES string of the molecule is CNCCCCC(N)C(=O)O.CSCC(N)C(=O)O. The van der Waals surface area contributed by atoms with Crippen molar-refractivity contribution in [3.8, 4) is 0 Å². The van der Waals surface area contributed by atoms with Gasteiger partial charge in [-0.25, -0.2) is 0 Å². The number of hydrogen-bond donors (Lipinski definition) is 5. The van der Waals surface area contributed by atoms with Crippen LogP contribution in [0, 0.1) is 0 Å². The highest BCUT2D eigenvalue weighted by Gasteiger charge is 2.09. The summed E-state index contributed by atoms with van der Waals surface area (Å²) in [4.78, 5) is 20.2. The molecule has 7 N–H and O–H groups in total. The molecule has 0 aliphatic carbocycles. The summed E-state index contributed by atoms with van der Waals surface area (Å²) in [5.41, 5.74) is 10.4. The first kappa shape index (κ1) is 20.5. The first-order valence-corrected chi connectivity index (χ1v) is 7.36. The monoisotopic (exact) mass is 295 g/mol. The number of rotatable bonds is 9. The van der Waals surface area contributed by atoms with E-state index >= 15 is 0 Å². The molecule has 19 heavy (non-hydrogen) atoms. The summed E-state index contributed by atoms with van der Waals surface area (Å²) in [5, 5.41) is 19.6. The minimum atomic E-state index is -0.931. The predicted octanol–water partition coefficient (Wildman–Crippen LogP) is -0.451. The summed E-state index contributed by atoms with van der Waals surface area (Å²) in [6.07, 6.45) is 4.24. The fourth-order valence-electron chi connectivity index (χ4n) is 1.04. The Morgan fingerprint density at radius 1 is 1.16 bits per heavy atom. The average molecular weight is 295 g/mol. The van der Waals surface area contributed by atoms with Gasteiger partial charge in [0.15, 0.2) is 0 Å². The Labute approximate surface area is 118 Å². The maximum atomic E-state index is 10.2. The molecule has 0 spiro atoms. The Bertz CT molecular complexity index is 254. The van der Waals surface area contributed by atoms with E-state index in [1.807, 2.05) is 13.3 Å². The maximum absolute atomic E-state index is 10.2. The molecule has 0 aromatic rings. The number of carboxylic acids is 2. The molecule has 0 aliphatic rings. The molecule has 0 radical (unpaired) electrons. The maximum Gasteiger partial charge on any atom is 0.321 e. The van der Waals surface area contributed by atoms with Crippen LogP contribution in [0.5, 0.6) is 0 Å². The number of unbranched alkanes of at least 4 members (excludes halogenated alkanes) is 1. The van der Waals surface area contributed by atoms with Gasteiger partial charge in [-0.05, 0) is 32.7 Å². The van der Waals surface area contributed by atoms with Crippen LogP contribution in [-0.4, -0.2) is 59.8 Å². The highest BCUT2D eigenvalue weighted by Crippen LogP contribution is 1.97. The van der Waals surface area contributed by atoms with Crippen LogP contribution in [0.2, 0.25) is 0 Å². The lowest BCUT2D eigenvalue weighted by molar-refractivity contribution is -0.139. The molecular weight excluding hydrogens is 270 g/mol. The van der Waals surface area contributed by atoms with Crippen molar-refractivity contribution in [2.45, 2.75) is 31.3 Å². The average Bonchev–Trinajstić information content (AvgIpc) is 2.35. The molecule has 0 aromatic heterocycles. The molecular formula is C11H25N3O4S. The third-order valence-electron chi connectivity index (χ3n) is 2.17. The van der Waals surface area contributed by atoms with Crippen LogP contribution in [0.25, 0.3) is 0 Å². The third kappa shape index (κ3) is 15.1. The van der Waals surface area contributed by atoms with Crippen molar-refractivity contribution in [2.24, 2.45) is 11.5 Å². The summed E-state index contributed by atoms with van der Waals surface area (Å²) in [5.74, 6) is -1.36. The van der Waals surface area contributed by atoms with E-state index in [2.05, 4.69) is 5.32 Å². The summed E-state index contributed by atoms with van der Waals surface area (Å²) in [6, 6.07) is -1.39. The van der Waals surface area contributed by atoms with Crippen LogP contribution in [0.15, 0.2) is 0 Å². The summed E-state index contributed by atoms with van der Waals surface area (Å²) >= 11 is 1.43. The van der Waals surface area contributed by atoms with Gasteiger partial charge < -0.3 is 27.0 Å². The summed E-state index contributed by atoms with van der Waals surface area (Å²) < 4.78 is 0. The Kier molecular flexibility index (Phi) is 14.7. The third-order valence-corrected chi connectivity index (χ3v) is 2.86. The molecule has 0 saturated heterocycles. The Balaban J connectivity index is 0. The molecule has 7 nitrogen and oxygen atoms in total. The van der Waals surface area contributed by atoms with Crippen molar-refractivity contribution in [1.82, 2.24) is 5.32 Å². The zero-order valence-electron chi connectivity index (χ0n) is 11.5. The molecule has 0 amide bonds. The molecule has 0 bridgehead atoms. The molecule has 2 unspecified atom stereocenters. The number of hydrogen-bond acceptors (Lipinski definition) is 6. The quantitative estimate of drug-likeness (QED) is 0.360. The molecule has 0 rings (SSSR count). The van der Waals surface area contributed by atoms with Crippen molar-refractivity contribution < 1.29 is 19.8 Å². The molecule has 0 aliphatic heterocycles. The first-order valence-electron chi connectivity index (χ1n) is 5.97. The normalized spacial score (nSPS) is 13.1. The van der Waals surface area contributed by atoms with Gasteiger partial charge in [0.05, 0.1) is 0 Å². The van der Waals surface area contributed by atoms with E-state index in [1.54, 1.807) is 0 Å². The van der Waals surface area contributed by atoms with Crippen LogP contribution >= 0.6 is 11.8 Å². The second-order valence-corrected chi connectivity index (χ2v) is 4.85. The first-order chi connectivity index (χ1) is 8.86. The van der Waals surface area contributed by atoms with Crippen LogP contribution < -0.4 is 16.8 Å². The molecule has 2 atom stereocenters. The fraction of sp³-hybridized carbons (Fsp3) is 0.818. The summed E-state index contributed by atoms with van der Waals surface area (Å²) in [7, 11) is 1.87. The summed E-state index contributed by atoms with van der Waals surface area (Å²) in [6.45, 7) is 0.923. The second kappa shape index (κ2) is 13.6. The van der Waals surface area contributed by atoms with Crippen molar-refractivity contribution in [2.75, 3.05) is 25.6 Å². The van der Waals surface area contributed by atoms with Crippen molar-refractivity contribution in [3.05, 3.63) is 0 Å². The molecule has 0 heterocycles. The lowest BCUT2D eigenvalue weighted by Crippen LogP contribution is -2.32. The van der Waals surface area contributed by atoms with Gasteiger partial charge in [0, 0.05) is 5.75 Å². The van der Waals surface area contributed by atoms with E-state index in [0.717, 1.165) is 19.4 Å². The number of carboxylic acid groups (broad SMARTS) is 2. The van der Waals surface area contributed by atoms with Crippen molar-refractivity contribution in [1.29, 1.82) is 0 Å². The van der Waals surface area contributed by atoms with Gasteiger partial charge in [-0.2, -0.15) is 11.8 Å². The van der Waals surface area contributed by atoms with Gasteiger partial charge in [-0.15, -0.1) is 0 Å². The van der Waals surface area contributed by atoms with Crippen molar-refractivity contribution in [3.63, 3.8) is 0 Å². The molecule has 114 valence electrons. The van der Waals surface area contributed by atoms with Crippen molar-refractivity contribution >= 4 is 23.7 Å². The molecule has 0 aromatic carbocycles. The molecule has 8 heteroatoms. The van der Waals surface area contributed by atoms with E-state index < -0.39 is 24.0 Å². The largest absolute Gasteiger partial charge is 0.480 e. The Morgan fingerprint density at radius 2 is 1.68 bits per heavy atom. The molecule has 0 saturated carbocycles. The topological polar surface area (TPSA) is 139 Å². The smallest absolute Gasteiger partial charge is 0.321 e.